The third-order valence-corrected chi connectivity index (χ3v) is 8.74. The summed E-state index contributed by atoms with van der Waals surface area (Å²) >= 11 is 1.60. The van der Waals surface area contributed by atoms with Crippen LogP contribution >= 0.6 is 11.3 Å². The SMILES string of the molecule is Cc1ccc(-c2ccc(O)c3c2CC2CC4C(N(C)C)C(O)=C(C(N)=O)CC4(O)C(=O)C2=C3O)s1. The number of rotatable bonds is 3. The fourth-order valence-electron chi connectivity index (χ4n) is 6.14. The number of phenolic OH excluding ortho intramolecular Hbond substituents is 1. The number of benzene rings is 1. The predicted molar refractivity (Wildman–Crippen MR) is 132 cm³/mol. The van der Waals surface area contributed by atoms with Crippen LogP contribution in [0.4, 0.5) is 0 Å². The summed E-state index contributed by atoms with van der Waals surface area (Å²) in [5, 5.41) is 44.5. The van der Waals surface area contributed by atoms with Crippen molar-refractivity contribution in [2.24, 2.45) is 17.6 Å². The largest absolute Gasteiger partial charge is 0.510 e. The number of carbonyl (C=O) groups is 2. The molecule has 1 heterocycles. The van der Waals surface area contributed by atoms with Crippen LogP contribution in [0.1, 0.15) is 28.8 Å². The first-order valence-corrected chi connectivity index (χ1v) is 12.3. The van der Waals surface area contributed by atoms with E-state index in [1.54, 1.807) is 30.3 Å². The number of Topliss-reactive ketones (excluding diaryl/α,β-unsaturated/α-hetero) is 1. The van der Waals surface area contributed by atoms with E-state index in [1.807, 2.05) is 25.1 Å². The molecule has 0 bridgehead atoms. The molecule has 1 aromatic carbocycles. The van der Waals surface area contributed by atoms with Crippen LogP contribution in [-0.4, -0.2) is 62.8 Å². The number of nitrogens with zero attached hydrogens (tertiary/aromatic N) is 1. The number of aromatic hydroxyl groups is 1. The number of fused-ring (bicyclic) bond motifs is 3. The normalized spacial score (nSPS) is 28.1. The van der Waals surface area contributed by atoms with Crippen LogP contribution in [0, 0.1) is 18.8 Å². The number of likely N-dealkylation sites (N-methyl/N-ethyl adjacent to an activating group) is 1. The minimum atomic E-state index is -2.03. The number of ketones is 1. The van der Waals surface area contributed by atoms with Crippen LogP contribution in [-0.2, 0) is 16.0 Å². The number of aryl methyl sites for hydroxylation is 1. The monoisotopic (exact) mass is 496 g/mol. The van der Waals surface area contributed by atoms with Crippen molar-refractivity contribution in [1.29, 1.82) is 0 Å². The van der Waals surface area contributed by atoms with E-state index in [1.165, 1.54) is 6.07 Å². The van der Waals surface area contributed by atoms with Gasteiger partial charge in [-0.15, -0.1) is 11.3 Å². The first kappa shape index (κ1) is 23.6. The lowest BCUT2D eigenvalue weighted by Gasteiger charge is -2.51. The van der Waals surface area contributed by atoms with Crippen molar-refractivity contribution < 1.29 is 30.0 Å². The van der Waals surface area contributed by atoms with Gasteiger partial charge in [-0.3, -0.25) is 14.5 Å². The first-order chi connectivity index (χ1) is 16.5. The molecule has 184 valence electrons. The number of thiophene rings is 1. The lowest BCUT2D eigenvalue weighted by Crippen LogP contribution is -2.62. The fourth-order valence-corrected chi connectivity index (χ4v) is 7.06. The second-order valence-electron chi connectivity index (χ2n) is 9.97. The molecule has 0 saturated heterocycles. The topological polar surface area (TPSA) is 144 Å². The molecule has 2 aromatic rings. The summed E-state index contributed by atoms with van der Waals surface area (Å²) < 4.78 is 0. The Kier molecular flexibility index (Phi) is 5.35. The zero-order valence-corrected chi connectivity index (χ0v) is 20.5. The molecule has 5 rings (SSSR count). The van der Waals surface area contributed by atoms with Crippen LogP contribution < -0.4 is 5.73 Å². The molecule has 4 atom stereocenters. The van der Waals surface area contributed by atoms with Gasteiger partial charge >= 0.3 is 0 Å². The zero-order valence-electron chi connectivity index (χ0n) is 19.7. The van der Waals surface area contributed by atoms with Crippen molar-refractivity contribution in [3.05, 3.63) is 57.2 Å². The summed E-state index contributed by atoms with van der Waals surface area (Å²) in [5.41, 5.74) is 5.12. The number of aliphatic hydroxyl groups excluding tert-OH is 2. The Bertz CT molecular complexity index is 1340. The molecule has 8 nitrogen and oxygen atoms in total. The van der Waals surface area contributed by atoms with E-state index in [0.29, 0.717) is 12.8 Å². The maximum absolute atomic E-state index is 13.8. The summed E-state index contributed by atoms with van der Waals surface area (Å²) in [5.74, 6) is -3.49. The number of amides is 1. The molecule has 3 aliphatic carbocycles. The average molecular weight is 497 g/mol. The Hall–Kier alpha value is -3.14. The molecular weight excluding hydrogens is 468 g/mol. The van der Waals surface area contributed by atoms with Crippen LogP contribution in [0.25, 0.3) is 16.2 Å². The van der Waals surface area contributed by atoms with E-state index in [-0.39, 0.29) is 34.0 Å². The van der Waals surface area contributed by atoms with Crippen LogP contribution in [0.2, 0.25) is 0 Å². The molecular formula is C26H28N2O6S. The highest BCUT2D eigenvalue weighted by atomic mass is 32.1. The Morgan fingerprint density at radius 1 is 1.17 bits per heavy atom. The van der Waals surface area contributed by atoms with Gasteiger partial charge in [-0.25, -0.2) is 0 Å². The molecule has 1 amide bonds. The summed E-state index contributed by atoms with van der Waals surface area (Å²) in [6.07, 6.45) is 0.235. The number of nitrogens with two attached hydrogens (primary N) is 1. The van der Waals surface area contributed by atoms with E-state index < -0.39 is 41.6 Å². The molecule has 3 aliphatic rings. The highest BCUT2D eigenvalue weighted by Gasteiger charge is 2.60. The second-order valence-corrected chi connectivity index (χ2v) is 11.3. The maximum Gasteiger partial charge on any atom is 0.248 e. The number of hydrogen-bond acceptors (Lipinski definition) is 8. The quantitative estimate of drug-likeness (QED) is 0.439. The molecule has 0 aliphatic heterocycles. The van der Waals surface area contributed by atoms with Crippen molar-refractivity contribution in [3.8, 4) is 16.2 Å². The van der Waals surface area contributed by atoms with Gasteiger partial charge in [0, 0.05) is 27.7 Å². The molecule has 6 N–H and O–H groups in total. The maximum atomic E-state index is 13.8. The van der Waals surface area contributed by atoms with Gasteiger partial charge < -0.3 is 26.2 Å². The molecule has 0 radical (unpaired) electrons. The van der Waals surface area contributed by atoms with E-state index in [4.69, 9.17) is 5.73 Å². The minimum absolute atomic E-state index is 0.0498. The highest BCUT2D eigenvalue weighted by Crippen LogP contribution is 2.54. The predicted octanol–water partition coefficient (Wildman–Crippen LogP) is 2.82. The van der Waals surface area contributed by atoms with Crippen LogP contribution in [0.15, 0.2) is 41.2 Å². The van der Waals surface area contributed by atoms with Crippen molar-refractivity contribution in [1.82, 2.24) is 4.90 Å². The van der Waals surface area contributed by atoms with Gasteiger partial charge in [-0.1, -0.05) is 0 Å². The number of carbonyl (C=O) groups excluding carboxylic acids is 2. The van der Waals surface area contributed by atoms with E-state index in [9.17, 15) is 30.0 Å². The lowest BCUT2D eigenvalue weighted by atomic mass is 9.57. The molecule has 1 fully saturated rings. The average Bonchev–Trinajstić information content (AvgIpc) is 3.20. The van der Waals surface area contributed by atoms with Gasteiger partial charge in [0.15, 0.2) is 5.78 Å². The summed E-state index contributed by atoms with van der Waals surface area (Å²) in [6.45, 7) is 2.00. The number of hydrogen-bond donors (Lipinski definition) is 5. The van der Waals surface area contributed by atoms with Crippen molar-refractivity contribution in [2.45, 2.75) is 37.8 Å². The third-order valence-electron chi connectivity index (χ3n) is 7.71. The smallest absolute Gasteiger partial charge is 0.248 e. The minimum Gasteiger partial charge on any atom is -0.510 e. The summed E-state index contributed by atoms with van der Waals surface area (Å²) in [6, 6.07) is 6.51. The van der Waals surface area contributed by atoms with E-state index in [0.717, 1.165) is 20.9 Å². The van der Waals surface area contributed by atoms with Gasteiger partial charge in [0.1, 0.15) is 22.9 Å². The zero-order chi connectivity index (χ0) is 25.4. The van der Waals surface area contributed by atoms with E-state index in [2.05, 4.69) is 0 Å². The Balaban J connectivity index is 1.69. The molecule has 4 unspecified atom stereocenters. The van der Waals surface area contributed by atoms with Crippen LogP contribution in [0.5, 0.6) is 5.75 Å². The summed E-state index contributed by atoms with van der Waals surface area (Å²) in [7, 11) is 3.40. The Morgan fingerprint density at radius 3 is 2.49 bits per heavy atom. The van der Waals surface area contributed by atoms with Gasteiger partial charge in [-0.05, 0) is 75.2 Å². The van der Waals surface area contributed by atoms with Crippen molar-refractivity contribution >= 4 is 28.8 Å². The standard InChI is InChI=1S/C26H28N2O6S/c1-11-4-7-18(35-11)13-5-6-17(29)20-14(13)8-12-9-16-21(28(2)3)22(30)15(25(27)33)10-26(16,34)24(32)19(12)23(20)31/h4-7,12,16,21,29-31,34H,8-10H2,1-3H3,(H2,27,33). The van der Waals surface area contributed by atoms with Crippen molar-refractivity contribution in [3.63, 3.8) is 0 Å². The van der Waals surface area contributed by atoms with Gasteiger partial charge in [0.2, 0.25) is 5.91 Å². The Morgan fingerprint density at radius 2 is 1.89 bits per heavy atom. The fraction of sp³-hybridized carbons (Fsp3) is 0.385. The van der Waals surface area contributed by atoms with Gasteiger partial charge in [0.05, 0.1) is 17.2 Å². The molecule has 9 heteroatoms. The second kappa shape index (κ2) is 7.94. The van der Waals surface area contributed by atoms with Crippen molar-refractivity contribution in [2.75, 3.05) is 14.1 Å². The molecule has 0 spiro atoms. The Labute approximate surface area is 206 Å². The first-order valence-electron chi connectivity index (χ1n) is 11.5. The molecule has 1 aromatic heterocycles. The number of phenols is 1. The summed E-state index contributed by atoms with van der Waals surface area (Å²) in [4.78, 5) is 29.7. The van der Waals surface area contributed by atoms with Gasteiger partial charge in [-0.2, -0.15) is 0 Å². The highest BCUT2D eigenvalue weighted by molar-refractivity contribution is 7.15. The van der Waals surface area contributed by atoms with Gasteiger partial charge in [0.25, 0.3) is 0 Å². The lowest BCUT2D eigenvalue weighted by molar-refractivity contribution is -0.151. The molecule has 35 heavy (non-hydrogen) atoms. The van der Waals surface area contributed by atoms with E-state index >= 15 is 0 Å². The molecule has 1 saturated carbocycles. The number of aliphatic hydroxyl groups is 3. The number of primary amides is 1. The van der Waals surface area contributed by atoms with Crippen LogP contribution in [0.3, 0.4) is 0 Å². The third kappa shape index (κ3) is 3.33.